The molecule has 1 aromatic rings. The summed E-state index contributed by atoms with van der Waals surface area (Å²) in [5.74, 6) is 1.41. The van der Waals surface area contributed by atoms with Crippen LogP contribution in [0.2, 0.25) is 0 Å². The molecule has 2 aliphatic rings. The molecule has 0 aromatic heterocycles. The largest absolute Gasteiger partial charge is 0.198 e. The number of nitriles is 2. The van der Waals surface area contributed by atoms with E-state index in [9.17, 15) is 10.5 Å². The van der Waals surface area contributed by atoms with Gasteiger partial charge in [0.1, 0.15) is 0 Å². The van der Waals surface area contributed by atoms with Crippen molar-refractivity contribution in [3.8, 4) is 12.1 Å². The van der Waals surface area contributed by atoms with Crippen LogP contribution in [0, 0.1) is 46.3 Å². The standard InChI is InChI=1S/C15H14N2.C2H6/c16-8-12-6-11-7-13(12)15(14(11)9-17)10-4-2-1-3-5-10;1-2/h1-5,11-15H,6-7H2;1-2H3. The summed E-state index contributed by atoms with van der Waals surface area (Å²) in [4.78, 5) is 0. The van der Waals surface area contributed by atoms with E-state index in [0.717, 1.165) is 12.8 Å². The Morgan fingerprint density at radius 3 is 2.26 bits per heavy atom. The van der Waals surface area contributed by atoms with Crippen LogP contribution in [0.1, 0.15) is 38.2 Å². The zero-order valence-corrected chi connectivity index (χ0v) is 11.6. The summed E-state index contributed by atoms with van der Waals surface area (Å²) in [6.45, 7) is 4.00. The lowest BCUT2D eigenvalue weighted by atomic mass is 9.72. The van der Waals surface area contributed by atoms with Crippen molar-refractivity contribution in [1.82, 2.24) is 0 Å². The van der Waals surface area contributed by atoms with Crippen LogP contribution in [0.25, 0.3) is 0 Å². The first-order valence-corrected chi connectivity index (χ1v) is 7.19. The molecule has 19 heavy (non-hydrogen) atoms. The van der Waals surface area contributed by atoms with Gasteiger partial charge in [0.2, 0.25) is 0 Å². The molecule has 5 unspecified atom stereocenters. The molecule has 0 aliphatic heterocycles. The predicted molar refractivity (Wildman–Crippen MR) is 75.0 cm³/mol. The highest BCUT2D eigenvalue weighted by atomic mass is 14.6. The van der Waals surface area contributed by atoms with E-state index in [1.807, 2.05) is 32.0 Å². The fourth-order valence-corrected chi connectivity index (χ4v) is 3.82. The fourth-order valence-electron chi connectivity index (χ4n) is 3.82. The number of hydrogen-bond acceptors (Lipinski definition) is 2. The smallest absolute Gasteiger partial charge is 0.0665 e. The average Bonchev–Trinajstić information content (AvgIpc) is 3.07. The van der Waals surface area contributed by atoms with Crippen molar-refractivity contribution in [2.45, 2.75) is 32.6 Å². The third-order valence-electron chi connectivity index (χ3n) is 4.50. The van der Waals surface area contributed by atoms with Crippen LogP contribution < -0.4 is 0 Å². The van der Waals surface area contributed by atoms with Crippen molar-refractivity contribution in [1.29, 1.82) is 10.5 Å². The maximum atomic E-state index is 9.35. The second kappa shape index (κ2) is 5.89. The van der Waals surface area contributed by atoms with Gasteiger partial charge in [0.05, 0.1) is 24.0 Å². The molecule has 2 nitrogen and oxygen atoms in total. The van der Waals surface area contributed by atoms with E-state index >= 15 is 0 Å². The van der Waals surface area contributed by atoms with Gasteiger partial charge in [-0.2, -0.15) is 10.5 Å². The fraction of sp³-hybridized carbons (Fsp3) is 0.529. The van der Waals surface area contributed by atoms with Crippen molar-refractivity contribution in [2.75, 3.05) is 0 Å². The molecule has 2 heteroatoms. The van der Waals surface area contributed by atoms with Crippen molar-refractivity contribution in [3.63, 3.8) is 0 Å². The molecular formula is C17H20N2. The normalized spacial score (nSPS) is 34.8. The van der Waals surface area contributed by atoms with E-state index in [-0.39, 0.29) is 17.8 Å². The summed E-state index contributed by atoms with van der Waals surface area (Å²) in [6.07, 6.45) is 2.00. The molecule has 0 heterocycles. The number of benzene rings is 1. The molecule has 0 saturated heterocycles. The molecule has 0 spiro atoms. The SMILES string of the molecule is CC.N#CC1CC2CC1C(c1ccccc1)C2C#N. The van der Waals surface area contributed by atoms with Crippen molar-refractivity contribution >= 4 is 0 Å². The van der Waals surface area contributed by atoms with Crippen LogP contribution in [-0.2, 0) is 0 Å². The van der Waals surface area contributed by atoms with E-state index in [2.05, 4.69) is 24.3 Å². The van der Waals surface area contributed by atoms with Gasteiger partial charge in [-0.1, -0.05) is 44.2 Å². The Labute approximate surface area is 115 Å². The van der Waals surface area contributed by atoms with Crippen molar-refractivity contribution in [2.24, 2.45) is 23.7 Å². The third-order valence-corrected chi connectivity index (χ3v) is 4.50. The molecule has 5 atom stereocenters. The third kappa shape index (κ3) is 2.24. The monoisotopic (exact) mass is 252 g/mol. The van der Waals surface area contributed by atoms with Gasteiger partial charge in [0.15, 0.2) is 0 Å². The van der Waals surface area contributed by atoms with Gasteiger partial charge >= 0.3 is 0 Å². The first-order chi connectivity index (χ1) is 9.35. The molecule has 98 valence electrons. The number of fused-ring (bicyclic) bond motifs is 2. The topological polar surface area (TPSA) is 47.6 Å². The van der Waals surface area contributed by atoms with Crippen LogP contribution in [-0.4, -0.2) is 0 Å². The summed E-state index contributed by atoms with van der Waals surface area (Å²) in [6, 6.07) is 15.2. The Balaban J connectivity index is 0.000000637. The van der Waals surface area contributed by atoms with E-state index in [0.29, 0.717) is 11.8 Å². The minimum Gasteiger partial charge on any atom is -0.198 e. The van der Waals surface area contributed by atoms with Crippen LogP contribution in [0.5, 0.6) is 0 Å². The molecule has 2 bridgehead atoms. The van der Waals surface area contributed by atoms with Gasteiger partial charge in [0, 0.05) is 5.92 Å². The van der Waals surface area contributed by atoms with Crippen molar-refractivity contribution in [3.05, 3.63) is 35.9 Å². The molecule has 0 radical (unpaired) electrons. The molecule has 0 amide bonds. The maximum absolute atomic E-state index is 9.35. The average molecular weight is 252 g/mol. The van der Waals surface area contributed by atoms with Gasteiger partial charge in [-0.05, 0) is 30.2 Å². The zero-order valence-electron chi connectivity index (χ0n) is 11.6. The van der Waals surface area contributed by atoms with Gasteiger partial charge in [-0.25, -0.2) is 0 Å². The van der Waals surface area contributed by atoms with E-state index < -0.39 is 0 Å². The van der Waals surface area contributed by atoms with Gasteiger partial charge in [-0.15, -0.1) is 0 Å². The highest BCUT2D eigenvalue weighted by molar-refractivity contribution is 5.29. The summed E-state index contributed by atoms with van der Waals surface area (Å²) in [5.41, 5.74) is 1.24. The van der Waals surface area contributed by atoms with E-state index in [1.54, 1.807) is 0 Å². The summed E-state index contributed by atoms with van der Waals surface area (Å²) < 4.78 is 0. The van der Waals surface area contributed by atoms with Crippen LogP contribution in [0.4, 0.5) is 0 Å². The summed E-state index contributed by atoms with van der Waals surface area (Å²) in [7, 11) is 0. The number of nitrogens with zero attached hydrogens (tertiary/aromatic N) is 2. The molecule has 1 aromatic carbocycles. The zero-order chi connectivity index (χ0) is 13.8. The highest BCUT2D eigenvalue weighted by Gasteiger charge is 2.53. The minimum absolute atomic E-state index is 0.118. The van der Waals surface area contributed by atoms with E-state index in [4.69, 9.17) is 0 Å². The Bertz CT molecular complexity index is 494. The van der Waals surface area contributed by atoms with Crippen LogP contribution in [0.3, 0.4) is 0 Å². The Morgan fingerprint density at radius 2 is 1.68 bits per heavy atom. The van der Waals surface area contributed by atoms with Gasteiger partial charge in [0.25, 0.3) is 0 Å². The summed E-state index contributed by atoms with van der Waals surface area (Å²) in [5, 5.41) is 18.5. The predicted octanol–water partition coefficient (Wildman–Crippen LogP) is 4.12. The Morgan fingerprint density at radius 1 is 1.00 bits per heavy atom. The maximum Gasteiger partial charge on any atom is 0.0665 e. The van der Waals surface area contributed by atoms with Crippen molar-refractivity contribution < 1.29 is 0 Å². The Kier molecular flexibility index (Phi) is 4.23. The highest BCUT2D eigenvalue weighted by Crippen LogP contribution is 2.58. The first kappa shape index (κ1) is 13.6. The minimum atomic E-state index is 0.118. The molecule has 0 N–H and O–H groups in total. The second-order valence-corrected chi connectivity index (χ2v) is 5.22. The summed E-state index contributed by atoms with van der Waals surface area (Å²) >= 11 is 0. The molecule has 3 rings (SSSR count). The quantitative estimate of drug-likeness (QED) is 0.755. The van der Waals surface area contributed by atoms with Gasteiger partial charge in [-0.3, -0.25) is 0 Å². The number of hydrogen-bond donors (Lipinski definition) is 0. The Hall–Kier alpha value is -1.80. The van der Waals surface area contributed by atoms with Crippen LogP contribution >= 0.6 is 0 Å². The lowest BCUT2D eigenvalue weighted by Crippen LogP contribution is -2.25. The second-order valence-electron chi connectivity index (χ2n) is 5.22. The lowest BCUT2D eigenvalue weighted by Gasteiger charge is -2.29. The molecular weight excluding hydrogens is 232 g/mol. The van der Waals surface area contributed by atoms with Gasteiger partial charge < -0.3 is 0 Å². The van der Waals surface area contributed by atoms with Crippen LogP contribution in [0.15, 0.2) is 30.3 Å². The number of rotatable bonds is 1. The molecule has 2 aliphatic carbocycles. The first-order valence-electron chi connectivity index (χ1n) is 7.19. The molecule has 2 saturated carbocycles. The van der Waals surface area contributed by atoms with E-state index in [1.165, 1.54) is 5.56 Å². The molecule has 2 fully saturated rings. The lowest BCUT2D eigenvalue weighted by molar-refractivity contribution is 0.300.